The number of hydrogen-bond donors (Lipinski definition) is 2. The Balaban J connectivity index is 1.60. The number of nitrogens with one attached hydrogen (secondary N) is 1. The topological polar surface area (TPSA) is 94.1 Å². The number of halogens is 3. The van der Waals surface area contributed by atoms with E-state index in [1.165, 1.54) is 24.3 Å². The lowest BCUT2D eigenvalue weighted by atomic mass is 10.1. The molecule has 0 aliphatic rings. The van der Waals surface area contributed by atoms with Crippen LogP contribution in [0.25, 0.3) is 0 Å². The maximum atomic E-state index is 12.5. The van der Waals surface area contributed by atoms with Crippen molar-refractivity contribution in [1.29, 1.82) is 0 Å². The minimum Gasteiger partial charge on any atom is -0.497 e. The molecule has 0 bridgehead atoms. The largest absolute Gasteiger partial charge is 0.573 e. The molecule has 34 heavy (non-hydrogen) atoms. The summed E-state index contributed by atoms with van der Waals surface area (Å²) >= 11 is 0. The third-order valence-electron chi connectivity index (χ3n) is 4.61. The maximum Gasteiger partial charge on any atom is 0.573 e. The summed E-state index contributed by atoms with van der Waals surface area (Å²) in [5, 5.41) is 11.9. The van der Waals surface area contributed by atoms with Crippen molar-refractivity contribution in [3.8, 4) is 23.0 Å². The number of hydrogen-bond acceptors (Lipinski definition) is 5. The van der Waals surface area contributed by atoms with Crippen molar-refractivity contribution in [1.82, 2.24) is 5.32 Å². The maximum absolute atomic E-state index is 12.5. The second-order valence-electron chi connectivity index (χ2n) is 7.06. The van der Waals surface area contributed by atoms with Crippen molar-refractivity contribution in [3.05, 3.63) is 83.9 Å². The van der Waals surface area contributed by atoms with E-state index < -0.39 is 30.0 Å². The summed E-state index contributed by atoms with van der Waals surface area (Å²) in [5.74, 6) is -0.626. The Labute approximate surface area is 192 Å². The summed E-state index contributed by atoms with van der Waals surface area (Å²) in [6.07, 6.45) is -4.96. The second-order valence-corrected chi connectivity index (χ2v) is 7.06. The predicted octanol–water partition coefficient (Wildman–Crippen LogP) is 4.81. The van der Waals surface area contributed by atoms with Crippen molar-refractivity contribution in [2.75, 3.05) is 7.11 Å². The van der Waals surface area contributed by atoms with Crippen LogP contribution in [0.1, 0.15) is 15.9 Å². The molecule has 0 aliphatic carbocycles. The molecule has 0 saturated carbocycles. The van der Waals surface area contributed by atoms with Gasteiger partial charge in [-0.1, -0.05) is 12.1 Å². The van der Waals surface area contributed by atoms with Crippen molar-refractivity contribution in [2.45, 2.75) is 18.8 Å². The second kappa shape index (κ2) is 10.6. The normalized spacial score (nSPS) is 11.9. The lowest BCUT2D eigenvalue weighted by molar-refractivity contribution is -0.274. The van der Waals surface area contributed by atoms with E-state index in [-0.39, 0.29) is 12.0 Å². The molecule has 3 aromatic rings. The van der Waals surface area contributed by atoms with Crippen LogP contribution in [0.5, 0.6) is 23.0 Å². The van der Waals surface area contributed by atoms with Crippen LogP contribution in [0.4, 0.5) is 13.2 Å². The van der Waals surface area contributed by atoms with E-state index in [4.69, 9.17) is 9.47 Å². The van der Waals surface area contributed by atoms with E-state index in [0.29, 0.717) is 22.8 Å². The lowest BCUT2D eigenvalue weighted by Gasteiger charge is -2.15. The molecule has 0 spiro atoms. The third kappa shape index (κ3) is 7.16. The SMILES string of the molecule is COc1ccc(Oc2ccc(C(=O)NC(Cc3ccc(OC(F)(F)F)cc3)C(=O)O)cc2)cc1. The Morgan fingerprint density at radius 1 is 0.853 bits per heavy atom. The molecule has 0 fully saturated rings. The van der Waals surface area contributed by atoms with Gasteiger partial charge in [0.2, 0.25) is 0 Å². The van der Waals surface area contributed by atoms with E-state index in [9.17, 15) is 27.9 Å². The molecule has 0 heterocycles. The molecule has 7 nitrogen and oxygen atoms in total. The molecule has 3 rings (SSSR count). The minimum atomic E-state index is -4.83. The first-order valence-electron chi connectivity index (χ1n) is 9.93. The summed E-state index contributed by atoms with van der Waals surface area (Å²) in [7, 11) is 1.55. The number of aliphatic carboxylic acids is 1. The van der Waals surface area contributed by atoms with Crippen LogP contribution in [0, 0.1) is 0 Å². The Morgan fingerprint density at radius 3 is 1.85 bits per heavy atom. The highest BCUT2D eigenvalue weighted by atomic mass is 19.4. The van der Waals surface area contributed by atoms with Crippen LogP contribution in [-0.4, -0.2) is 36.5 Å². The van der Waals surface area contributed by atoms with Gasteiger partial charge in [-0.05, 0) is 66.2 Å². The smallest absolute Gasteiger partial charge is 0.497 e. The van der Waals surface area contributed by atoms with Gasteiger partial charge in [0, 0.05) is 12.0 Å². The molecule has 1 amide bonds. The monoisotopic (exact) mass is 475 g/mol. The van der Waals surface area contributed by atoms with Crippen LogP contribution in [0.2, 0.25) is 0 Å². The average Bonchev–Trinajstić information content (AvgIpc) is 2.79. The van der Waals surface area contributed by atoms with Crippen molar-refractivity contribution < 1.29 is 42.1 Å². The first kappa shape index (κ1) is 24.4. The number of methoxy groups -OCH3 is 1. The highest BCUT2D eigenvalue weighted by Gasteiger charge is 2.31. The number of amides is 1. The van der Waals surface area contributed by atoms with Crippen LogP contribution < -0.4 is 19.5 Å². The van der Waals surface area contributed by atoms with E-state index in [1.54, 1.807) is 43.5 Å². The van der Waals surface area contributed by atoms with Gasteiger partial charge in [-0.25, -0.2) is 4.79 Å². The minimum absolute atomic E-state index is 0.133. The zero-order chi connectivity index (χ0) is 24.7. The molecular weight excluding hydrogens is 455 g/mol. The van der Waals surface area contributed by atoms with Crippen LogP contribution in [0.15, 0.2) is 72.8 Å². The molecule has 178 valence electrons. The summed E-state index contributed by atoms with van der Waals surface area (Å²) in [6, 6.07) is 16.5. The number of carboxylic acids is 1. The fourth-order valence-corrected chi connectivity index (χ4v) is 2.96. The van der Waals surface area contributed by atoms with Gasteiger partial charge in [0.15, 0.2) is 0 Å². The van der Waals surface area contributed by atoms with Crippen molar-refractivity contribution in [3.63, 3.8) is 0 Å². The third-order valence-corrected chi connectivity index (χ3v) is 4.61. The highest BCUT2D eigenvalue weighted by Crippen LogP contribution is 2.25. The summed E-state index contributed by atoms with van der Waals surface area (Å²) < 4.78 is 51.4. The Hall–Kier alpha value is -4.21. The summed E-state index contributed by atoms with van der Waals surface area (Å²) in [5.41, 5.74) is 0.618. The molecule has 0 aliphatic heterocycles. The van der Waals surface area contributed by atoms with Crippen LogP contribution in [0.3, 0.4) is 0 Å². The standard InChI is InChI=1S/C24H20F3NO6/c1-32-17-10-12-19(13-11-17)33-18-8-4-16(5-9-18)22(29)28-21(23(30)31)14-15-2-6-20(7-3-15)34-24(25,26)27/h2-13,21H,14H2,1H3,(H,28,29)(H,30,31). The lowest BCUT2D eigenvalue weighted by Crippen LogP contribution is -2.42. The molecule has 0 saturated heterocycles. The van der Waals surface area contributed by atoms with Crippen molar-refractivity contribution in [2.24, 2.45) is 0 Å². The van der Waals surface area contributed by atoms with Gasteiger partial charge in [0.05, 0.1) is 7.11 Å². The number of carbonyl (C=O) groups excluding carboxylic acids is 1. The Kier molecular flexibility index (Phi) is 7.62. The van der Waals surface area contributed by atoms with Gasteiger partial charge in [-0.2, -0.15) is 0 Å². The van der Waals surface area contributed by atoms with E-state index in [1.807, 2.05) is 0 Å². The van der Waals surface area contributed by atoms with Crippen LogP contribution in [-0.2, 0) is 11.2 Å². The molecule has 2 N–H and O–H groups in total. The zero-order valence-electron chi connectivity index (χ0n) is 17.8. The number of benzene rings is 3. The average molecular weight is 475 g/mol. The fraction of sp³-hybridized carbons (Fsp3) is 0.167. The molecule has 3 aromatic carbocycles. The first-order valence-corrected chi connectivity index (χ1v) is 9.93. The van der Waals surface area contributed by atoms with E-state index >= 15 is 0 Å². The Morgan fingerprint density at radius 2 is 1.35 bits per heavy atom. The zero-order valence-corrected chi connectivity index (χ0v) is 17.8. The molecule has 0 aromatic heterocycles. The number of carbonyl (C=O) groups is 2. The quantitative estimate of drug-likeness (QED) is 0.461. The first-order chi connectivity index (χ1) is 16.1. The summed E-state index contributed by atoms with van der Waals surface area (Å²) in [4.78, 5) is 24.1. The predicted molar refractivity (Wildman–Crippen MR) is 115 cm³/mol. The van der Waals surface area contributed by atoms with Crippen molar-refractivity contribution >= 4 is 11.9 Å². The highest BCUT2D eigenvalue weighted by molar-refractivity contribution is 5.96. The number of ether oxygens (including phenoxy) is 3. The fourth-order valence-electron chi connectivity index (χ4n) is 2.96. The van der Waals surface area contributed by atoms with Gasteiger partial charge in [-0.3, -0.25) is 4.79 Å². The molecule has 0 radical (unpaired) electrons. The van der Waals surface area contributed by atoms with Crippen LogP contribution >= 0.6 is 0 Å². The van der Waals surface area contributed by atoms with Gasteiger partial charge < -0.3 is 24.6 Å². The van der Waals surface area contributed by atoms with Gasteiger partial charge in [0.1, 0.15) is 29.0 Å². The Bertz CT molecular complexity index is 1110. The number of carboxylic acid groups (broad SMARTS) is 1. The molecule has 1 unspecified atom stereocenters. The summed E-state index contributed by atoms with van der Waals surface area (Å²) in [6.45, 7) is 0. The van der Waals surface area contributed by atoms with E-state index in [0.717, 1.165) is 12.1 Å². The molecule has 1 atom stereocenters. The van der Waals surface area contributed by atoms with Gasteiger partial charge in [0.25, 0.3) is 5.91 Å². The van der Waals surface area contributed by atoms with E-state index in [2.05, 4.69) is 10.1 Å². The molecule has 10 heteroatoms. The number of rotatable bonds is 9. The van der Waals surface area contributed by atoms with Gasteiger partial charge >= 0.3 is 12.3 Å². The molecular formula is C24H20F3NO6. The van der Waals surface area contributed by atoms with Gasteiger partial charge in [-0.15, -0.1) is 13.2 Å². The number of alkyl halides is 3.